The minimum atomic E-state index is -0.888. The van der Waals surface area contributed by atoms with Crippen LogP contribution in [0.4, 0.5) is 5.69 Å². The SMILES string of the molecule is CCOC(=O)C1=C(C)N=c2s/c(=C\c3ccc(-c4cc(Cl)c(Br)c([N+](=O)[O-])c4)o3)c(=O)n2[C@@H]1c1c(OC)ccc2ccccc12. The number of ether oxygens (including phenoxy) is 2. The number of benzene rings is 3. The molecule has 6 rings (SSSR count). The molecule has 0 bridgehead atoms. The Bertz CT molecular complexity index is 2250. The van der Waals surface area contributed by atoms with E-state index in [0.29, 0.717) is 43.4 Å². The number of hydrogen-bond acceptors (Lipinski definition) is 9. The Kier molecular flexibility index (Phi) is 8.21. The number of allylic oxidation sites excluding steroid dienone is 1. The third-order valence-corrected chi connectivity index (χ3v) is 9.67. The fourth-order valence-corrected chi connectivity index (χ4v) is 6.98. The topological polar surface area (TPSA) is 126 Å². The number of thiazole rings is 1. The maximum atomic E-state index is 14.2. The molecule has 45 heavy (non-hydrogen) atoms. The molecular weight excluding hydrogens is 686 g/mol. The number of esters is 1. The van der Waals surface area contributed by atoms with Crippen LogP contribution in [0.1, 0.15) is 31.2 Å². The van der Waals surface area contributed by atoms with Gasteiger partial charge in [0.05, 0.1) is 39.5 Å². The van der Waals surface area contributed by atoms with Crippen LogP contribution in [0.5, 0.6) is 5.75 Å². The summed E-state index contributed by atoms with van der Waals surface area (Å²) in [6.07, 6.45) is 1.57. The molecule has 10 nitrogen and oxygen atoms in total. The van der Waals surface area contributed by atoms with Crippen LogP contribution in [0.15, 0.2) is 90.6 Å². The predicted octanol–water partition coefficient (Wildman–Crippen LogP) is 6.54. The molecule has 0 amide bonds. The van der Waals surface area contributed by atoms with Crippen molar-refractivity contribution in [3.63, 3.8) is 0 Å². The second-order valence-electron chi connectivity index (χ2n) is 9.96. The van der Waals surface area contributed by atoms with Gasteiger partial charge in [-0.25, -0.2) is 9.79 Å². The summed E-state index contributed by atoms with van der Waals surface area (Å²) in [5.41, 5.74) is 1.09. The molecule has 0 saturated carbocycles. The monoisotopic (exact) mass is 707 g/mol. The van der Waals surface area contributed by atoms with Crippen molar-refractivity contribution in [2.75, 3.05) is 13.7 Å². The lowest BCUT2D eigenvalue weighted by Crippen LogP contribution is -2.40. The number of halogens is 2. The van der Waals surface area contributed by atoms with Gasteiger partial charge >= 0.3 is 5.97 Å². The van der Waals surface area contributed by atoms with E-state index in [4.69, 9.17) is 25.5 Å². The quantitative estimate of drug-likeness (QED) is 0.107. The van der Waals surface area contributed by atoms with Crippen LogP contribution in [0, 0.1) is 10.1 Å². The highest BCUT2D eigenvalue weighted by atomic mass is 79.9. The summed E-state index contributed by atoms with van der Waals surface area (Å²) in [5, 5.41) is 13.4. The molecular formula is C32H23BrClN3O7S. The smallest absolute Gasteiger partial charge is 0.338 e. The summed E-state index contributed by atoms with van der Waals surface area (Å²) in [7, 11) is 1.54. The van der Waals surface area contributed by atoms with Gasteiger partial charge in [-0.15, -0.1) is 0 Å². The number of carbonyl (C=O) groups is 1. The lowest BCUT2D eigenvalue weighted by atomic mass is 9.90. The number of aromatic nitrogens is 1. The number of furan rings is 1. The van der Waals surface area contributed by atoms with Crippen molar-refractivity contribution in [2.45, 2.75) is 19.9 Å². The molecule has 3 aromatic carbocycles. The van der Waals surface area contributed by atoms with Crippen LogP contribution in [-0.4, -0.2) is 29.2 Å². The number of nitro groups is 1. The van der Waals surface area contributed by atoms with E-state index in [9.17, 15) is 19.7 Å². The second kappa shape index (κ2) is 12.1. The van der Waals surface area contributed by atoms with E-state index < -0.39 is 22.5 Å². The maximum absolute atomic E-state index is 14.2. The van der Waals surface area contributed by atoms with Crippen molar-refractivity contribution in [1.82, 2.24) is 4.57 Å². The second-order valence-corrected chi connectivity index (χ2v) is 12.2. The largest absolute Gasteiger partial charge is 0.496 e. The summed E-state index contributed by atoms with van der Waals surface area (Å²) in [6.45, 7) is 3.58. The van der Waals surface area contributed by atoms with Crippen molar-refractivity contribution in [2.24, 2.45) is 4.99 Å². The average molecular weight is 709 g/mol. The van der Waals surface area contributed by atoms with Gasteiger partial charge in [0.15, 0.2) is 4.80 Å². The molecule has 0 fully saturated rings. The number of nitro benzene ring substituents is 1. The molecule has 0 spiro atoms. The van der Waals surface area contributed by atoms with Crippen LogP contribution >= 0.6 is 38.9 Å². The molecule has 0 aliphatic carbocycles. The van der Waals surface area contributed by atoms with Crippen LogP contribution < -0.4 is 19.6 Å². The number of rotatable bonds is 7. The lowest BCUT2D eigenvalue weighted by Gasteiger charge is -2.27. The third kappa shape index (κ3) is 5.39. The zero-order valence-electron chi connectivity index (χ0n) is 24.0. The first kappa shape index (κ1) is 30.5. The third-order valence-electron chi connectivity index (χ3n) is 7.33. The molecule has 0 radical (unpaired) electrons. The predicted molar refractivity (Wildman–Crippen MR) is 174 cm³/mol. The van der Waals surface area contributed by atoms with Crippen LogP contribution in [0.2, 0.25) is 5.02 Å². The molecule has 0 N–H and O–H groups in total. The fraction of sp³-hybridized carbons (Fsp3) is 0.156. The molecule has 5 aromatic rings. The molecule has 1 aliphatic heterocycles. The number of hydrogen-bond donors (Lipinski definition) is 0. The highest BCUT2D eigenvalue weighted by Crippen LogP contribution is 2.41. The van der Waals surface area contributed by atoms with E-state index in [1.54, 1.807) is 45.2 Å². The minimum Gasteiger partial charge on any atom is -0.496 e. The molecule has 228 valence electrons. The van der Waals surface area contributed by atoms with Crippen molar-refractivity contribution in [3.05, 3.63) is 123 Å². The fourth-order valence-electron chi connectivity index (χ4n) is 5.36. The summed E-state index contributed by atoms with van der Waals surface area (Å²) in [4.78, 5) is 43.6. The Balaban J connectivity index is 1.54. The molecule has 1 aliphatic rings. The van der Waals surface area contributed by atoms with Crippen molar-refractivity contribution in [3.8, 4) is 17.1 Å². The summed E-state index contributed by atoms with van der Waals surface area (Å²) in [6, 6.07) is 16.7. The zero-order valence-corrected chi connectivity index (χ0v) is 27.2. The van der Waals surface area contributed by atoms with Gasteiger partial charge < -0.3 is 13.9 Å². The summed E-state index contributed by atoms with van der Waals surface area (Å²) < 4.78 is 19.2. The molecule has 2 aromatic heterocycles. The minimum absolute atomic E-state index is 0.146. The molecule has 3 heterocycles. The van der Waals surface area contributed by atoms with Gasteiger partial charge in [-0.3, -0.25) is 19.5 Å². The Hall–Kier alpha value is -4.52. The van der Waals surface area contributed by atoms with Crippen molar-refractivity contribution < 1.29 is 23.6 Å². The van der Waals surface area contributed by atoms with E-state index >= 15 is 0 Å². The Labute approximate surface area is 272 Å². The van der Waals surface area contributed by atoms with Gasteiger partial charge in [0, 0.05) is 23.3 Å². The highest BCUT2D eigenvalue weighted by molar-refractivity contribution is 9.10. The van der Waals surface area contributed by atoms with Crippen LogP contribution in [0.25, 0.3) is 28.2 Å². The van der Waals surface area contributed by atoms with Gasteiger partial charge in [0.25, 0.3) is 11.2 Å². The zero-order chi connectivity index (χ0) is 32.0. The Morgan fingerprint density at radius 1 is 1.22 bits per heavy atom. The van der Waals surface area contributed by atoms with E-state index in [-0.39, 0.29) is 27.4 Å². The first-order valence-corrected chi connectivity index (χ1v) is 15.6. The van der Waals surface area contributed by atoms with E-state index in [0.717, 1.165) is 22.1 Å². The van der Waals surface area contributed by atoms with Gasteiger partial charge in [-0.05, 0) is 64.8 Å². The van der Waals surface area contributed by atoms with Gasteiger partial charge in [0.2, 0.25) is 0 Å². The van der Waals surface area contributed by atoms with Gasteiger partial charge in [0.1, 0.15) is 27.8 Å². The number of nitrogens with zero attached hydrogens (tertiary/aromatic N) is 3. The Morgan fingerprint density at radius 2 is 2.00 bits per heavy atom. The molecule has 0 unspecified atom stereocenters. The molecule has 13 heteroatoms. The first-order valence-electron chi connectivity index (χ1n) is 13.6. The Morgan fingerprint density at radius 3 is 2.73 bits per heavy atom. The first-order chi connectivity index (χ1) is 21.6. The van der Waals surface area contributed by atoms with Gasteiger partial charge in [-0.1, -0.05) is 53.3 Å². The lowest BCUT2D eigenvalue weighted by molar-refractivity contribution is -0.385. The van der Waals surface area contributed by atoms with Crippen LogP contribution in [-0.2, 0) is 9.53 Å². The standard InChI is InChI=1S/C32H23BrClN3O7S/c1-4-43-31(39)26-16(2)35-32-36(29(26)27-20-8-6-5-7-17(20)9-11-24(27)42-3)30(38)25(45-32)15-19-10-12-23(44-19)18-13-21(34)28(33)22(14-18)37(40)41/h5-15,29H,4H2,1-3H3/b25-15-/t29-/m0/s1. The average Bonchev–Trinajstić information content (AvgIpc) is 3.61. The normalized spacial score (nSPS) is 14.8. The number of fused-ring (bicyclic) bond motifs is 2. The van der Waals surface area contributed by atoms with Gasteiger partial charge in [-0.2, -0.15) is 0 Å². The summed E-state index contributed by atoms with van der Waals surface area (Å²) >= 11 is 10.5. The number of carbonyl (C=O) groups excluding carboxylic acids is 1. The van der Waals surface area contributed by atoms with E-state index in [1.807, 2.05) is 36.4 Å². The van der Waals surface area contributed by atoms with E-state index in [2.05, 4.69) is 20.9 Å². The maximum Gasteiger partial charge on any atom is 0.338 e. The molecule has 1 atom stereocenters. The van der Waals surface area contributed by atoms with Crippen molar-refractivity contribution >= 4 is 67.4 Å². The summed E-state index contributed by atoms with van der Waals surface area (Å²) in [5.74, 6) is 0.580. The number of methoxy groups -OCH3 is 1. The van der Waals surface area contributed by atoms with E-state index in [1.165, 1.54) is 10.6 Å². The highest BCUT2D eigenvalue weighted by Gasteiger charge is 2.36. The van der Waals surface area contributed by atoms with Crippen molar-refractivity contribution in [1.29, 1.82) is 0 Å². The molecule has 0 saturated heterocycles. The van der Waals surface area contributed by atoms with Crippen LogP contribution in [0.3, 0.4) is 0 Å².